The summed E-state index contributed by atoms with van der Waals surface area (Å²) in [6.07, 6.45) is 0. The molecule has 7 heteroatoms. The Morgan fingerprint density at radius 2 is 2.09 bits per heavy atom. The summed E-state index contributed by atoms with van der Waals surface area (Å²) < 4.78 is 5.02. The number of anilines is 1. The highest BCUT2D eigenvalue weighted by Crippen LogP contribution is 2.32. The van der Waals surface area contributed by atoms with Gasteiger partial charge >= 0.3 is 5.97 Å². The third kappa shape index (κ3) is 4.72. The number of benzene rings is 1. The number of fused-ring (bicyclic) bond motifs is 1. The standard InChI is InChI=1S/C16H20N2O4S/c1-9(2)10(3)17-14(19)7-22-16(21)11-4-5-13-12(6-11)18-15(20)8-23-13/h4-6,9-10H,7-8H2,1-3H3,(H,17,19)(H,18,20). The summed E-state index contributed by atoms with van der Waals surface area (Å²) in [7, 11) is 0. The zero-order chi connectivity index (χ0) is 17.0. The number of carbonyl (C=O) groups is 3. The van der Waals surface area contributed by atoms with Gasteiger partial charge in [-0.15, -0.1) is 11.8 Å². The average molecular weight is 336 g/mol. The summed E-state index contributed by atoms with van der Waals surface area (Å²) in [5.41, 5.74) is 0.898. The molecule has 1 aliphatic heterocycles. The summed E-state index contributed by atoms with van der Waals surface area (Å²) in [5, 5.41) is 5.48. The van der Waals surface area contributed by atoms with Crippen molar-refractivity contribution in [3.05, 3.63) is 23.8 Å². The van der Waals surface area contributed by atoms with E-state index >= 15 is 0 Å². The van der Waals surface area contributed by atoms with Crippen LogP contribution in [0, 0.1) is 5.92 Å². The van der Waals surface area contributed by atoms with E-state index < -0.39 is 5.97 Å². The molecule has 6 nitrogen and oxygen atoms in total. The van der Waals surface area contributed by atoms with Crippen molar-refractivity contribution >= 4 is 35.2 Å². The van der Waals surface area contributed by atoms with Gasteiger partial charge in [-0.1, -0.05) is 13.8 Å². The Bertz CT molecular complexity index is 631. The molecule has 0 radical (unpaired) electrons. The quantitative estimate of drug-likeness (QED) is 0.804. The second kappa shape index (κ2) is 7.50. The summed E-state index contributed by atoms with van der Waals surface area (Å²) >= 11 is 1.42. The summed E-state index contributed by atoms with van der Waals surface area (Å²) in [6, 6.07) is 4.96. The molecule has 0 aromatic heterocycles. The van der Waals surface area contributed by atoms with Gasteiger partial charge in [0.2, 0.25) is 5.91 Å². The van der Waals surface area contributed by atoms with E-state index in [9.17, 15) is 14.4 Å². The fraction of sp³-hybridized carbons (Fsp3) is 0.438. The molecule has 2 amide bonds. The van der Waals surface area contributed by atoms with Crippen LogP contribution in [-0.2, 0) is 14.3 Å². The van der Waals surface area contributed by atoms with Crippen LogP contribution in [0.4, 0.5) is 5.69 Å². The SMILES string of the molecule is CC(C)C(C)NC(=O)COC(=O)c1ccc2c(c1)NC(=O)CS2. The molecule has 0 spiro atoms. The van der Waals surface area contributed by atoms with Crippen molar-refractivity contribution in [1.82, 2.24) is 5.32 Å². The van der Waals surface area contributed by atoms with Crippen LogP contribution < -0.4 is 10.6 Å². The monoisotopic (exact) mass is 336 g/mol. The number of nitrogens with one attached hydrogen (secondary N) is 2. The number of hydrogen-bond acceptors (Lipinski definition) is 5. The van der Waals surface area contributed by atoms with Gasteiger partial charge in [0.05, 0.1) is 17.0 Å². The van der Waals surface area contributed by atoms with Crippen LogP contribution in [0.2, 0.25) is 0 Å². The molecule has 1 aliphatic rings. The lowest BCUT2D eigenvalue weighted by Crippen LogP contribution is -2.38. The molecule has 1 atom stereocenters. The topological polar surface area (TPSA) is 84.5 Å². The van der Waals surface area contributed by atoms with Gasteiger partial charge in [-0.3, -0.25) is 9.59 Å². The first kappa shape index (κ1) is 17.3. The van der Waals surface area contributed by atoms with E-state index in [2.05, 4.69) is 10.6 Å². The molecule has 0 saturated heterocycles. The van der Waals surface area contributed by atoms with Gasteiger partial charge in [0.15, 0.2) is 6.61 Å². The van der Waals surface area contributed by atoms with Gasteiger partial charge in [0.25, 0.3) is 5.91 Å². The van der Waals surface area contributed by atoms with Crippen molar-refractivity contribution in [2.45, 2.75) is 31.7 Å². The molecule has 0 bridgehead atoms. The predicted octanol–water partition coefficient (Wildman–Crippen LogP) is 2.05. The van der Waals surface area contributed by atoms with Gasteiger partial charge in [-0.05, 0) is 31.0 Å². The molecule has 124 valence electrons. The van der Waals surface area contributed by atoms with Gasteiger partial charge < -0.3 is 15.4 Å². The highest BCUT2D eigenvalue weighted by molar-refractivity contribution is 8.00. The summed E-state index contributed by atoms with van der Waals surface area (Å²) in [6.45, 7) is 5.56. The fourth-order valence-corrected chi connectivity index (χ4v) is 2.68. The third-order valence-corrected chi connectivity index (χ3v) is 4.64. The minimum atomic E-state index is -0.593. The van der Waals surface area contributed by atoms with Gasteiger partial charge in [-0.2, -0.15) is 0 Å². The van der Waals surface area contributed by atoms with Crippen LogP contribution >= 0.6 is 11.8 Å². The van der Waals surface area contributed by atoms with E-state index in [0.717, 1.165) is 4.90 Å². The normalized spacial score (nSPS) is 14.7. The van der Waals surface area contributed by atoms with Crippen LogP contribution in [-0.4, -0.2) is 36.2 Å². The smallest absolute Gasteiger partial charge is 0.338 e. The van der Waals surface area contributed by atoms with Gasteiger partial charge in [0, 0.05) is 10.9 Å². The maximum atomic E-state index is 12.0. The van der Waals surface area contributed by atoms with Crippen LogP contribution in [0.15, 0.2) is 23.1 Å². The lowest BCUT2D eigenvalue weighted by atomic mass is 10.1. The van der Waals surface area contributed by atoms with E-state index in [1.807, 2.05) is 20.8 Å². The number of ether oxygens (including phenoxy) is 1. The Hall–Kier alpha value is -2.02. The molecule has 0 saturated carbocycles. The van der Waals surface area contributed by atoms with Gasteiger partial charge in [-0.25, -0.2) is 4.79 Å². The fourth-order valence-electron chi connectivity index (χ4n) is 1.89. The Morgan fingerprint density at radius 1 is 1.35 bits per heavy atom. The van der Waals surface area contributed by atoms with Crippen molar-refractivity contribution in [1.29, 1.82) is 0 Å². The first-order chi connectivity index (χ1) is 10.9. The zero-order valence-electron chi connectivity index (χ0n) is 13.3. The minimum absolute atomic E-state index is 0.0113. The van der Waals surface area contributed by atoms with E-state index in [1.54, 1.807) is 18.2 Å². The van der Waals surface area contributed by atoms with Crippen molar-refractivity contribution in [3.63, 3.8) is 0 Å². The van der Waals surface area contributed by atoms with Crippen LogP contribution in [0.1, 0.15) is 31.1 Å². The molecular formula is C16H20N2O4S. The number of carbonyl (C=O) groups excluding carboxylic acids is 3. The lowest BCUT2D eigenvalue weighted by molar-refractivity contribution is -0.125. The third-order valence-electron chi connectivity index (χ3n) is 3.57. The number of rotatable bonds is 5. The second-order valence-electron chi connectivity index (χ2n) is 5.72. The minimum Gasteiger partial charge on any atom is -0.452 e. The number of thioether (sulfide) groups is 1. The Morgan fingerprint density at radius 3 is 2.78 bits per heavy atom. The largest absolute Gasteiger partial charge is 0.452 e. The van der Waals surface area contributed by atoms with Crippen molar-refractivity contribution in [2.75, 3.05) is 17.7 Å². The first-order valence-electron chi connectivity index (χ1n) is 7.40. The zero-order valence-corrected chi connectivity index (χ0v) is 14.2. The second-order valence-corrected chi connectivity index (χ2v) is 6.74. The van der Waals surface area contributed by atoms with E-state index in [4.69, 9.17) is 4.74 Å². The molecule has 2 N–H and O–H groups in total. The summed E-state index contributed by atoms with van der Waals surface area (Å²) in [4.78, 5) is 36.0. The number of amides is 2. The van der Waals surface area contributed by atoms with Crippen molar-refractivity contribution < 1.29 is 19.1 Å². The Kier molecular flexibility index (Phi) is 5.65. The summed E-state index contributed by atoms with van der Waals surface area (Å²) in [5.74, 6) is -0.358. The highest BCUT2D eigenvalue weighted by atomic mass is 32.2. The molecule has 23 heavy (non-hydrogen) atoms. The first-order valence-corrected chi connectivity index (χ1v) is 8.38. The maximum Gasteiger partial charge on any atom is 0.338 e. The molecule has 1 heterocycles. The van der Waals surface area contributed by atoms with Crippen molar-refractivity contribution in [3.8, 4) is 0 Å². The van der Waals surface area contributed by atoms with Gasteiger partial charge in [0.1, 0.15) is 0 Å². The molecular weight excluding hydrogens is 316 g/mol. The number of hydrogen-bond donors (Lipinski definition) is 2. The molecule has 2 rings (SSSR count). The van der Waals surface area contributed by atoms with Crippen LogP contribution in [0.25, 0.3) is 0 Å². The van der Waals surface area contributed by atoms with E-state index in [-0.39, 0.29) is 24.5 Å². The average Bonchev–Trinajstić information content (AvgIpc) is 2.51. The molecule has 1 aromatic carbocycles. The Balaban J connectivity index is 1.92. The number of esters is 1. The predicted molar refractivity (Wildman–Crippen MR) is 88.5 cm³/mol. The van der Waals surface area contributed by atoms with E-state index in [1.165, 1.54) is 11.8 Å². The molecule has 1 aromatic rings. The molecule has 0 aliphatic carbocycles. The maximum absolute atomic E-state index is 12.0. The molecule has 1 unspecified atom stereocenters. The van der Waals surface area contributed by atoms with Crippen LogP contribution in [0.5, 0.6) is 0 Å². The highest BCUT2D eigenvalue weighted by Gasteiger charge is 2.19. The van der Waals surface area contributed by atoms with Crippen molar-refractivity contribution in [2.24, 2.45) is 5.92 Å². The Labute approximate surface area is 139 Å². The lowest BCUT2D eigenvalue weighted by Gasteiger charge is -2.18. The van der Waals surface area contributed by atoms with E-state index in [0.29, 0.717) is 22.9 Å². The van der Waals surface area contributed by atoms with Crippen LogP contribution in [0.3, 0.4) is 0 Å². The molecule has 0 fully saturated rings.